The fraction of sp³-hybridized carbons (Fsp3) is 0.462. The molecular weight excluding hydrogens is 1250 g/mol. The predicted molar refractivity (Wildman–Crippen MR) is 362 cm³/mol. The Morgan fingerprint density at radius 3 is 1.68 bits per heavy atom. The van der Waals surface area contributed by atoms with Gasteiger partial charge in [-0.15, -0.1) is 0 Å². The average Bonchev–Trinajstić information content (AvgIpc) is 1.74. The number of H-pyrrole nitrogens is 2. The number of carbonyl (C=O) groups is 11. The number of nitrogens with one attached hydrogen (secondary N) is 12. The summed E-state index contributed by atoms with van der Waals surface area (Å²) >= 11 is 0. The zero-order chi connectivity index (χ0) is 71.3. The summed E-state index contributed by atoms with van der Waals surface area (Å²) in [4.78, 5) is 167. The lowest BCUT2D eigenvalue weighted by Crippen LogP contribution is -2.62. The topological polar surface area (TPSA) is 541 Å². The Bertz CT molecular complexity index is 3490. The van der Waals surface area contributed by atoms with Crippen LogP contribution in [0.1, 0.15) is 95.5 Å². The van der Waals surface area contributed by atoms with E-state index in [1.165, 1.54) is 31.6 Å². The number of anilines is 1. The Balaban J connectivity index is 1.39. The first kappa shape index (κ1) is 77.1. The Morgan fingerprint density at radius 2 is 1.08 bits per heavy atom. The number of hydrogen-bond acceptors (Lipinski definition) is 17. The van der Waals surface area contributed by atoms with E-state index in [4.69, 9.17) is 34.4 Å². The Labute approximate surface area is 561 Å². The molecule has 32 heteroatoms. The first-order valence-corrected chi connectivity index (χ1v) is 32.1. The minimum Gasteiger partial charge on any atom is -0.508 e. The van der Waals surface area contributed by atoms with Gasteiger partial charge in [0.25, 0.3) is 0 Å². The number of para-hydroxylation sites is 1. The minimum absolute atomic E-state index is 0.00372. The maximum Gasteiger partial charge on any atom is 0.243 e. The van der Waals surface area contributed by atoms with Crippen molar-refractivity contribution in [1.82, 2.24) is 68.1 Å². The van der Waals surface area contributed by atoms with Crippen LogP contribution in [0.15, 0.2) is 96.5 Å². The van der Waals surface area contributed by atoms with E-state index in [1.807, 2.05) is 18.2 Å². The highest BCUT2D eigenvalue weighted by molar-refractivity contribution is 5.99. The molecule has 32 nitrogen and oxygen atoms in total. The van der Waals surface area contributed by atoms with Crippen molar-refractivity contribution in [2.24, 2.45) is 45.5 Å². The van der Waals surface area contributed by atoms with Crippen LogP contribution in [0, 0.1) is 11.8 Å². The number of benzene rings is 3. The second-order valence-electron chi connectivity index (χ2n) is 24.0. The number of carbonyl (C=O) groups excluding carboxylic acids is 11. The summed E-state index contributed by atoms with van der Waals surface area (Å²) in [7, 11) is 0. The number of aromatic amines is 2. The van der Waals surface area contributed by atoms with Gasteiger partial charge in [0.05, 0.1) is 19.4 Å². The summed E-state index contributed by atoms with van der Waals surface area (Å²) in [5, 5.41) is 37.4. The normalized spacial score (nSPS) is 14.2. The summed E-state index contributed by atoms with van der Waals surface area (Å²) < 4.78 is 0. The number of aliphatic imine (C=N–C) groups is 1. The van der Waals surface area contributed by atoms with Crippen LogP contribution in [0.2, 0.25) is 0 Å². The van der Waals surface area contributed by atoms with E-state index >= 15 is 0 Å². The van der Waals surface area contributed by atoms with E-state index in [1.54, 1.807) is 76.4 Å². The molecule has 97 heavy (non-hydrogen) atoms. The standard InChI is InChI=1S/C65H94N20O12/c1-6-36(4)55(64(97)80-47(15-11-25-73-65(70)71)59(92)84-54(35(2)3)63(96)83-51(29-42-32-72-34-76-42)57(90)75-33-52(69)87)85-62(95)49(27-38-16-20-41(68)21-17-38)81-58(91)46(14-9-10-24-66)79-56(89)37(5)77-60(93)50(28-40-31-74-45-13-8-7-12-44(40)45)82-61(94)48(78-53(88)30-67)26-39-18-22-43(86)23-19-39/h7-8,12-13,16-23,31-32,34-37,46-51,54-55,74,86H,6,9-11,14-15,24-30,33,66-68H2,1-5H3,(H2,69,87)(H,72,76)(H,75,90)(H,77,93)(H,78,88)(H,79,89)(H,80,97)(H,81,91)(H,82,94)(H,83,96)(H,84,92)(H,85,95)(H4,70,71,73)/t36?,37-,46-,47-,48-,49-,50-,51-,54-,55-/m0/s1. The molecule has 2 aromatic heterocycles. The monoisotopic (exact) mass is 1350 g/mol. The molecule has 0 fully saturated rings. The smallest absolute Gasteiger partial charge is 0.243 e. The van der Waals surface area contributed by atoms with Gasteiger partial charge in [-0.25, -0.2) is 4.98 Å². The number of aromatic nitrogens is 3. The predicted octanol–water partition coefficient (Wildman–Crippen LogP) is -2.72. The van der Waals surface area contributed by atoms with Gasteiger partial charge < -0.3 is 103 Å². The first-order valence-electron chi connectivity index (χ1n) is 32.1. The molecule has 0 spiro atoms. The number of rotatable bonds is 40. The molecule has 0 aliphatic rings. The van der Waals surface area contributed by atoms with Crippen molar-refractivity contribution in [3.05, 3.63) is 114 Å². The third-order valence-corrected chi connectivity index (χ3v) is 16.0. The molecule has 526 valence electrons. The van der Waals surface area contributed by atoms with E-state index in [-0.39, 0.29) is 69.7 Å². The van der Waals surface area contributed by atoms with E-state index < -0.39 is 144 Å². The van der Waals surface area contributed by atoms with Crippen LogP contribution in [-0.2, 0) is 78.4 Å². The Hall–Kier alpha value is -10.6. The minimum atomic E-state index is -1.44. The number of hydrogen-bond donors (Lipinski definition) is 19. The molecule has 25 N–H and O–H groups in total. The molecule has 3 aromatic carbocycles. The fourth-order valence-corrected chi connectivity index (χ4v) is 10.3. The van der Waals surface area contributed by atoms with Crippen molar-refractivity contribution in [2.75, 3.05) is 31.9 Å². The summed E-state index contributed by atoms with van der Waals surface area (Å²) in [6.07, 6.45) is 5.19. The summed E-state index contributed by atoms with van der Waals surface area (Å²) in [5.74, 6) is -10.2. The molecule has 1 unspecified atom stereocenters. The molecule has 10 atom stereocenters. The number of fused-ring (bicyclic) bond motifs is 1. The van der Waals surface area contributed by atoms with Crippen LogP contribution in [0.25, 0.3) is 10.9 Å². The number of nitrogen functional groups attached to an aromatic ring is 1. The lowest BCUT2D eigenvalue weighted by molar-refractivity contribution is -0.136. The highest BCUT2D eigenvalue weighted by Crippen LogP contribution is 2.21. The molecule has 5 aromatic rings. The van der Waals surface area contributed by atoms with Crippen molar-refractivity contribution in [2.45, 2.75) is 153 Å². The summed E-state index contributed by atoms with van der Waals surface area (Å²) in [5.41, 5.74) is 37.3. The molecule has 0 aliphatic heterocycles. The van der Waals surface area contributed by atoms with Gasteiger partial charge in [-0.05, 0) is 104 Å². The van der Waals surface area contributed by atoms with Gasteiger partial charge in [-0.1, -0.05) is 76.6 Å². The molecule has 0 bridgehead atoms. The van der Waals surface area contributed by atoms with Crippen LogP contribution in [0.3, 0.4) is 0 Å². The Morgan fingerprint density at radius 1 is 0.557 bits per heavy atom. The third kappa shape index (κ3) is 25.2. The van der Waals surface area contributed by atoms with Crippen molar-refractivity contribution in [1.29, 1.82) is 0 Å². The quantitative estimate of drug-likeness (QED) is 0.00820. The highest BCUT2D eigenvalue weighted by atomic mass is 16.3. The van der Waals surface area contributed by atoms with Gasteiger partial charge >= 0.3 is 0 Å². The number of unbranched alkanes of at least 4 members (excludes halogenated alkanes) is 1. The van der Waals surface area contributed by atoms with Crippen LogP contribution >= 0.6 is 0 Å². The van der Waals surface area contributed by atoms with Crippen LogP contribution in [-0.4, -0.2) is 172 Å². The van der Waals surface area contributed by atoms with Gasteiger partial charge in [0.2, 0.25) is 65.0 Å². The van der Waals surface area contributed by atoms with E-state index in [0.717, 1.165) is 10.9 Å². The number of aromatic hydroxyl groups is 1. The number of imidazole rings is 1. The van der Waals surface area contributed by atoms with Gasteiger partial charge in [0.15, 0.2) is 5.96 Å². The van der Waals surface area contributed by atoms with Gasteiger partial charge in [0, 0.05) is 66.9 Å². The lowest BCUT2D eigenvalue weighted by atomic mass is 9.96. The van der Waals surface area contributed by atoms with Crippen molar-refractivity contribution >= 4 is 87.5 Å². The van der Waals surface area contributed by atoms with Crippen molar-refractivity contribution in [3.63, 3.8) is 0 Å². The fourth-order valence-electron chi connectivity index (χ4n) is 10.3. The maximum atomic E-state index is 14.9. The van der Waals surface area contributed by atoms with E-state index in [2.05, 4.69) is 73.1 Å². The SMILES string of the molecule is CCC(C)[C@H](NC(=O)[C@H](Cc1ccc(N)cc1)NC(=O)[C@H](CCCCN)NC(=O)[C@H](C)NC(=O)[C@H](Cc1c[nH]c2ccccc12)NC(=O)[C@H](Cc1ccc(O)cc1)NC(=O)CN)C(=O)N[C@@H](CCCN=C(N)N)C(=O)N[C@H](C(=O)N[C@@H](Cc1cnc[nH]1)C(=O)NCC(N)=O)C(C)C. The molecule has 0 saturated heterocycles. The molecule has 5 rings (SSSR count). The third-order valence-electron chi connectivity index (χ3n) is 16.0. The number of guanidine groups is 1. The highest BCUT2D eigenvalue weighted by Gasteiger charge is 2.37. The summed E-state index contributed by atoms with van der Waals surface area (Å²) in [6, 6.07) is 7.62. The molecular formula is C65H94N20O12. The van der Waals surface area contributed by atoms with E-state index in [0.29, 0.717) is 47.3 Å². The molecule has 0 aliphatic carbocycles. The van der Waals surface area contributed by atoms with Crippen LogP contribution in [0.4, 0.5) is 5.69 Å². The number of primary amides is 1. The molecule has 0 saturated carbocycles. The van der Waals surface area contributed by atoms with E-state index in [9.17, 15) is 57.8 Å². The number of phenolic OH excluding ortho intramolecular Hbond substituents is 1. The number of amides is 11. The molecule has 0 radical (unpaired) electrons. The van der Waals surface area contributed by atoms with Crippen molar-refractivity contribution in [3.8, 4) is 5.75 Å². The summed E-state index contributed by atoms with van der Waals surface area (Å²) in [6.45, 7) is 7.40. The Kier molecular flexibility index (Phi) is 30.7. The zero-order valence-corrected chi connectivity index (χ0v) is 55.2. The zero-order valence-electron chi connectivity index (χ0n) is 55.2. The van der Waals surface area contributed by atoms with Gasteiger partial charge in [0.1, 0.15) is 60.1 Å². The van der Waals surface area contributed by atoms with Gasteiger partial charge in [-0.2, -0.15) is 0 Å². The first-order chi connectivity index (χ1) is 46.2. The number of nitrogens with two attached hydrogens (primary N) is 6. The number of nitrogens with zero attached hydrogens (tertiary/aromatic N) is 2. The largest absolute Gasteiger partial charge is 0.508 e. The second-order valence-corrected chi connectivity index (χ2v) is 24.0. The lowest BCUT2D eigenvalue weighted by Gasteiger charge is -2.30. The van der Waals surface area contributed by atoms with Crippen LogP contribution < -0.4 is 87.6 Å². The van der Waals surface area contributed by atoms with Gasteiger partial charge in [-0.3, -0.25) is 57.7 Å². The second kappa shape index (κ2) is 38.7. The van der Waals surface area contributed by atoms with Crippen LogP contribution in [0.5, 0.6) is 5.75 Å². The number of phenols is 1. The van der Waals surface area contributed by atoms with Crippen molar-refractivity contribution < 1.29 is 57.8 Å². The molecule has 11 amide bonds. The molecule has 2 heterocycles. The average molecular weight is 1350 g/mol. The maximum absolute atomic E-state index is 14.9.